The number of rotatable bonds is 4. The molecule has 1 unspecified atom stereocenters. The summed E-state index contributed by atoms with van der Waals surface area (Å²) >= 11 is 0. The topological polar surface area (TPSA) is 85.0 Å². The fourth-order valence-electron chi connectivity index (χ4n) is 2.08. The number of carbonyl (C=O) groups excluding carboxylic acids is 2. The van der Waals surface area contributed by atoms with Crippen LogP contribution in [0.25, 0.3) is 0 Å². The Labute approximate surface area is 114 Å². The second-order valence-electron chi connectivity index (χ2n) is 4.43. The molecule has 1 aromatic rings. The number of nitrogens with zero attached hydrogens (tertiary/aromatic N) is 3. The molecule has 0 aliphatic carbocycles. The monoisotopic (exact) mass is 271 g/mol. The highest BCUT2D eigenvalue weighted by Gasteiger charge is 2.36. The Morgan fingerprint density at radius 3 is 2.55 bits per heavy atom. The van der Waals surface area contributed by atoms with Crippen LogP contribution < -0.4 is 0 Å². The Kier molecular flexibility index (Phi) is 3.76. The van der Waals surface area contributed by atoms with Gasteiger partial charge in [0, 0.05) is 13.0 Å². The number of carbonyl (C=O) groups is 2. The van der Waals surface area contributed by atoms with Gasteiger partial charge in [0.2, 0.25) is 0 Å². The first-order valence-electron chi connectivity index (χ1n) is 6.00. The zero-order chi connectivity index (χ0) is 14.7. The van der Waals surface area contributed by atoms with Crippen LogP contribution in [-0.2, 0) is 0 Å². The molecule has 1 aliphatic rings. The van der Waals surface area contributed by atoms with E-state index in [1.165, 1.54) is 6.07 Å². The molecule has 0 saturated heterocycles. The molecule has 0 bridgehead atoms. The number of halogens is 1. The minimum Gasteiger partial charge on any atom is -0.273 e. The van der Waals surface area contributed by atoms with Crippen molar-refractivity contribution in [3.05, 3.63) is 35.1 Å². The quantitative estimate of drug-likeness (QED) is 0.782. The van der Waals surface area contributed by atoms with E-state index in [0.29, 0.717) is 0 Å². The maximum Gasteiger partial charge on any atom is 0.261 e. The van der Waals surface area contributed by atoms with Crippen molar-refractivity contribution in [2.24, 2.45) is 5.92 Å². The third-order valence-electron chi connectivity index (χ3n) is 3.12. The molecular formula is C14H10FN3O2. The average molecular weight is 271 g/mol. The molecule has 6 heteroatoms. The van der Waals surface area contributed by atoms with E-state index in [9.17, 15) is 14.0 Å². The molecule has 0 spiro atoms. The first kappa shape index (κ1) is 13.7. The zero-order valence-corrected chi connectivity index (χ0v) is 10.5. The van der Waals surface area contributed by atoms with Crippen molar-refractivity contribution in [1.82, 2.24) is 4.90 Å². The molecule has 0 saturated carbocycles. The van der Waals surface area contributed by atoms with Gasteiger partial charge < -0.3 is 0 Å². The van der Waals surface area contributed by atoms with E-state index < -0.39 is 23.5 Å². The van der Waals surface area contributed by atoms with E-state index in [4.69, 9.17) is 10.5 Å². The van der Waals surface area contributed by atoms with Crippen molar-refractivity contribution < 1.29 is 14.0 Å². The Morgan fingerprint density at radius 1 is 1.20 bits per heavy atom. The van der Waals surface area contributed by atoms with Gasteiger partial charge in [0.15, 0.2) is 0 Å². The number of hydrogen-bond donors (Lipinski definition) is 0. The van der Waals surface area contributed by atoms with Gasteiger partial charge in [-0.2, -0.15) is 10.5 Å². The summed E-state index contributed by atoms with van der Waals surface area (Å²) < 4.78 is 13.1. The lowest BCUT2D eigenvalue weighted by molar-refractivity contribution is 0.0638. The van der Waals surface area contributed by atoms with E-state index in [2.05, 4.69) is 0 Å². The van der Waals surface area contributed by atoms with Crippen LogP contribution in [-0.4, -0.2) is 23.3 Å². The maximum absolute atomic E-state index is 13.1. The third kappa shape index (κ3) is 2.36. The molecule has 2 amide bonds. The number of amides is 2. The van der Waals surface area contributed by atoms with E-state index >= 15 is 0 Å². The lowest BCUT2D eigenvalue weighted by Crippen LogP contribution is -2.34. The van der Waals surface area contributed by atoms with E-state index in [1.807, 2.05) is 12.1 Å². The van der Waals surface area contributed by atoms with Crippen LogP contribution >= 0.6 is 0 Å². The third-order valence-corrected chi connectivity index (χ3v) is 3.12. The molecule has 2 rings (SSSR count). The van der Waals surface area contributed by atoms with Gasteiger partial charge in [0.1, 0.15) is 5.82 Å². The number of nitriles is 2. The van der Waals surface area contributed by atoms with Gasteiger partial charge in [-0.1, -0.05) is 0 Å². The second kappa shape index (κ2) is 5.50. The number of benzene rings is 1. The van der Waals surface area contributed by atoms with Crippen molar-refractivity contribution in [2.45, 2.75) is 12.8 Å². The fraction of sp³-hybridized carbons (Fsp3) is 0.286. The summed E-state index contributed by atoms with van der Waals surface area (Å²) in [4.78, 5) is 25.0. The Hall–Kier alpha value is -2.73. The highest BCUT2D eigenvalue weighted by Crippen LogP contribution is 2.25. The standard InChI is InChI=1S/C14H10FN3O2/c15-10-3-4-11-12(6-10)14(20)18(13(11)19)8-9(7-17)2-1-5-16/h3-4,6,9H,1-2,8H2. The predicted octanol–water partition coefficient (Wildman–Crippen LogP) is 1.87. The van der Waals surface area contributed by atoms with E-state index in [0.717, 1.165) is 17.0 Å². The summed E-state index contributed by atoms with van der Waals surface area (Å²) in [6.07, 6.45) is 0.463. The molecule has 0 N–H and O–H groups in total. The largest absolute Gasteiger partial charge is 0.273 e. The normalized spacial score (nSPS) is 14.7. The summed E-state index contributed by atoms with van der Waals surface area (Å²) in [5.74, 6) is -2.31. The summed E-state index contributed by atoms with van der Waals surface area (Å²) in [5.41, 5.74) is 0.167. The lowest BCUT2D eigenvalue weighted by atomic mass is 10.1. The molecule has 1 atom stereocenters. The number of imide groups is 1. The van der Waals surface area contributed by atoms with Crippen LogP contribution in [0.15, 0.2) is 18.2 Å². The Morgan fingerprint density at radius 2 is 1.90 bits per heavy atom. The van der Waals surface area contributed by atoms with E-state index in [-0.39, 0.29) is 30.5 Å². The molecule has 1 aromatic carbocycles. The van der Waals surface area contributed by atoms with Crippen molar-refractivity contribution in [3.8, 4) is 12.1 Å². The number of hydrogen-bond acceptors (Lipinski definition) is 4. The summed E-state index contributed by atoms with van der Waals surface area (Å²) in [6, 6.07) is 7.29. The first-order valence-corrected chi connectivity index (χ1v) is 6.00. The predicted molar refractivity (Wildman–Crippen MR) is 65.7 cm³/mol. The molecule has 5 nitrogen and oxygen atoms in total. The van der Waals surface area contributed by atoms with Gasteiger partial charge in [0.05, 0.1) is 29.2 Å². The van der Waals surface area contributed by atoms with Crippen molar-refractivity contribution in [1.29, 1.82) is 10.5 Å². The van der Waals surface area contributed by atoms with Crippen LogP contribution in [0.1, 0.15) is 33.6 Å². The van der Waals surface area contributed by atoms with Gasteiger partial charge >= 0.3 is 0 Å². The highest BCUT2D eigenvalue weighted by atomic mass is 19.1. The fourth-order valence-corrected chi connectivity index (χ4v) is 2.08. The molecule has 0 fully saturated rings. The van der Waals surface area contributed by atoms with Gasteiger partial charge in [-0.05, 0) is 24.6 Å². The molecule has 1 aliphatic heterocycles. The van der Waals surface area contributed by atoms with Gasteiger partial charge in [-0.25, -0.2) is 4.39 Å². The van der Waals surface area contributed by atoms with Crippen LogP contribution in [0.3, 0.4) is 0 Å². The molecule has 20 heavy (non-hydrogen) atoms. The molecular weight excluding hydrogens is 261 g/mol. The van der Waals surface area contributed by atoms with Crippen LogP contribution in [0.4, 0.5) is 4.39 Å². The SMILES string of the molecule is N#CCCC(C#N)CN1C(=O)c2ccc(F)cc2C1=O. The van der Waals surface area contributed by atoms with Crippen LogP contribution in [0.2, 0.25) is 0 Å². The minimum absolute atomic E-state index is 0.0203. The molecule has 0 aromatic heterocycles. The lowest BCUT2D eigenvalue weighted by Gasteiger charge is -2.16. The summed E-state index contributed by atoms with van der Waals surface area (Å²) in [7, 11) is 0. The highest BCUT2D eigenvalue weighted by molar-refractivity contribution is 6.21. The minimum atomic E-state index is -0.596. The molecule has 100 valence electrons. The van der Waals surface area contributed by atoms with Gasteiger partial charge in [0.25, 0.3) is 11.8 Å². The molecule has 1 heterocycles. The number of fused-ring (bicyclic) bond motifs is 1. The second-order valence-corrected chi connectivity index (χ2v) is 4.43. The van der Waals surface area contributed by atoms with Crippen molar-refractivity contribution in [2.75, 3.05) is 6.54 Å². The Bertz CT molecular complexity index is 657. The van der Waals surface area contributed by atoms with Crippen molar-refractivity contribution in [3.63, 3.8) is 0 Å². The van der Waals surface area contributed by atoms with Crippen LogP contribution in [0, 0.1) is 34.4 Å². The molecule has 0 radical (unpaired) electrons. The average Bonchev–Trinajstić information content (AvgIpc) is 2.67. The van der Waals surface area contributed by atoms with E-state index in [1.54, 1.807) is 0 Å². The van der Waals surface area contributed by atoms with Crippen LogP contribution in [0.5, 0.6) is 0 Å². The maximum atomic E-state index is 13.1. The zero-order valence-electron chi connectivity index (χ0n) is 10.5. The Balaban J connectivity index is 2.20. The summed E-state index contributed by atoms with van der Waals surface area (Å²) in [6.45, 7) is -0.0772. The summed E-state index contributed by atoms with van der Waals surface area (Å²) in [5, 5.41) is 17.5. The first-order chi connectivity index (χ1) is 9.58. The van der Waals surface area contributed by atoms with Gasteiger partial charge in [-0.3, -0.25) is 14.5 Å². The van der Waals surface area contributed by atoms with Crippen molar-refractivity contribution >= 4 is 11.8 Å². The van der Waals surface area contributed by atoms with Gasteiger partial charge in [-0.15, -0.1) is 0 Å². The smallest absolute Gasteiger partial charge is 0.261 e.